The van der Waals surface area contributed by atoms with Crippen LogP contribution in [0.25, 0.3) is 0 Å². The molecule has 2 aromatic rings. The summed E-state index contributed by atoms with van der Waals surface area (Å²) in [6.45, 7) is 1.96. The summed E-state index contributed by atoms with van der Waals surface area (Å²) in [6.07, 6.45) is 0.671. The molecule has 1 amide bonds. The van der Waals surface area contributed by atoms with Gasteiger partial charge in [-0.2, -0.15) is 5.10 Å². The van der Waals surface area contributed by atoms with Gasteiger partial charge in [-0.3, -0.25) is 4.79 Å². The quantitative estimate of drug-likeness (QED) is 0.659. The number of phenolic OH excluding ortho intramolecular Hbond substituents is 1. The van der Waals surface area contributed by atoms with Gasteiger partial charge in [-0.25, -0.2) is 5.43 Å². The van der Waals surface area contributed by atoms with Gasteiger partial charge in [0.15, 0.2) is 0 Å². The SMILES string of the molecule is CCC(=NNC(=O)c1ccc(N(C)C)cc1)c1ccc(O)cc1. The van der Waals surface area contributed by atoms with Crippen LogP contribution in [0.1, 0.15) is 29.3 Å². The molecule has 120 valence electrons. The number of carbonyl (C=O) groups excluding carboxylic acids is 1. The maximum atomic E-state index is 12.2. The summed E-state index contributed by atoms with van der Waals surface area (Å²) < 4.78 is 0. The summed E-state index contributed by atoms with van der Waals surface area (Å²) in [5, 5.41) is 13.5. The Balaban J connectivity index is 2.10. The molecular formula is C18H21N3O2. The highest BCUT2D eigenvalue weighted by molar-refractivity contribution is 6.02. The third-order valence-corrected chi connectivity index (χ3v) is 3.47. The van der Waals surface area contributed by atoms with Crippen LogP contribution >= 0.6 is 0 Å². The fraction of sp³-hybridized carbons (Fsp3) is 0.222. The van der Waals surface area contributed by atoms with Crippen molar-refractivity contribution in [2.45, 2.75) is 13.3 Å². The lowest BCUT2D eigenvalue weighted by Crippen LogP contribution is -2.20. The van der Waals surface area contributed by atoms with Crippen molar-refractivity contribution in [1.82, 2.24) is 5.43 Å². The zero-order chi connectivity index (χ0) is 16.8. The van der Waals surface area contributed by atoms with Gasteiger partial charge in [0.1, 0.15) is 5.75 Å². The number of anilines is 1. The molecule has 2 N–H and O–H groups in total. The van der Waals surface area contributed by atoms with E-state index in [1.165, 1.54) is 0 Å². The zero-order valence-corrected chi connectivity index (χ0v) is 13.6. The Morgan fingerprint density at radius 2 is 1.61 bits per heavy atom. The highest BCUT2D eigenvalue weighted by Gasteiger charge is 2.07. The molecule has 0 aliphatic rings. The van der Waals surface area contributed by atoms with Gasteiger partial charge in [0.25, 0.3) is 5.91 Å². The highest BCUT2D eigenvalue weighted by Crippen LogP contribution is 2.13. The molecule has 0 aromatic heterocycles. The Morgan fingerprint density at radius 3 is 2.13 bits per heavy atom. The number of amides is 1. The van der Waals surface area contributed by atoms with Gasteiger partial charge in [0, 0.05) is 25.3 Å². The number of phenols is 1. The number of carbonyl (C=O) groups is 1. The van der Waals surface area contributed by atoms with Gasteiger partial charge in [-0.05, 0) is 60.5 Å². The lowest BCUT2D eigenvalue weighted by Gasteiger charge is -2.12. The maximum absolute atomic E-state index is 12.2. The first-order valence-electron chi connectivity index (χ1n) is 7.45. The molecule has 0 aliphatic carbocycles. The molecule has 0 radical (unpaired) electrons. The Hall–Kier alpha value is -2.82. The van der Waals surface area contributed by atoms with Gasteiger partial charge in [0.2, 0.25) is 0 Å². The molecule has 0 saturated heterocycles. The standard InChI is InChI=1S/C18H21N3O2/c1-4-17(13-7-11-16(22)12-8-13)19-20-18(23)14-5-9-15(10-6-14)21(2)3/h5-12,22H,4H2,1-3H3,(H,20,23). The second-order valence-electron chi connectivity index (χ2n) is 5.34. The van der Waals surface area contributed by atoms with Crippen LogP contribution in [-0.2, 0) is 0 Å². The largest absolute Gasteiger partial charge is 0.508 e. The maximum Gasteiger partial charge on any atom is 0.271 e. The third-order valence-electron chi connectivity index (χ3n) is 3.47. The Labute approximate surface area is 136 Å². The van der Waals surface area contributed by atoms with E-state index >= 15 is 0 Å². The molecular weight excluding hydrogens is 290 g/mol. The van der Waals surface area contributed by atoms with Gasteiger partial charge < -0.3 is 10.0 Å². The number of nitrogens with zero attached hydrogens (tertiary/aromatic N) is 2. The van der Waals surface area contributed by atoms with Crippen molar-refractivity contribution >= 4 is 17.3 Å². The normalized spacial score (nSPS) is 11.2. The summed E-state index contributed by atoms with van der Waals surface area (Å²) >= 11 is 0. The molecule has 2 rings (SSSR count). The van der Waals surface area contributed by atoms with Gasteiger partial charge in [0.05, 0.1) is 5.71 Å². The first-order valence-corrected chi connectivity index (χ1v) is 7.45. The number of hydrogen-bond donors (Lipinski definition) is 2. The van der Waals surface area contributed by atoms with Crippen LogP contribution in [0, 0.1) is 0 Å². The molecule has 0 saturated carbocycles. The molecule has 0 atom stereocenters. The number of benzene rings is 2. The van der Waals surface area contributed by atoms with Gasteiger partial charge >= 0.3 is 0 Å². The van der Waals surface area contributed by atoms with Crippen LogP contribution in [-0.4, -0.2) is 30.8 Å². The lowest BCUT2D eigenvalue weighted by atomic mass is 10.1. The predicted molar refractivity (Wildman–Crippen MR) is 93.2 cm³/mol. The first kappa shape index (κ1) is 16.5. The average Bonchev–Trinajstić information content (AvgIpc) is 2.56. The van der Waals surface area contributed by atoms with E-state index in [0.717, 1.165) is 17.0 Å². The molecule has 5 nitrogen and oxygen atoms in total. The minimum absolute atomic E-state index is 0.203. The van der Waals surface area contributed by atoms with Gasteiger partial charge in [-0.15, -0.1) is 0 Å². The molecule has 5 heteroatoms. The van der Waals surface area contributed by atoms with Crippen LogP contribution in [0.15, 0.2) is 53.6 Å². The molecule has 0 unspecified atom stereocenters. The van der Waals surface area contributed by atoms with E-state index in [1.807, 2.05) is 38.1 Å². The molecule has 0 bridgehead atoms. The molecule has 0 aliphatic heterocycles. The van der Waals surface area contributed by atoms with Crippen molar-refractivity contribution < 1.29 is 9.90 Å². The number of hydrogen-bond acceptors (Lipinski definition) is 4. The Morgan fingerprint density at radius 1 is 1.04 bits per heavy atom. The van der Waals surface area contributed by atoms with E-state index in [2.05, 4.69) is 10.5 Å². The molecule has 0 heterocycles. The van der Waals surface area contributed by atoms with E-state index in [4.69, 9.17) is 0 Å². The van der Waals surface area contributed by atoms with Crippen LogP contribution in [0.2, 0.25) is 0 Å². The predicted octanol–water partition coefficient (Wildman–Crippen LogP) is 3.00. The smallest absolute Gasteiger partial charge is 0.271 e. The van der Waals surface area contributed by atoms with E-state index in [9.17, 15) is 9.90 Å². The molecule has 23 heavy (non-hydrogen) atoms. The number of hydrazone groups is 1. The second kappa shape index (κ2) is 7.45. The molecule has 0 fully saturated rings. The summed E-state index contributed by atoms with van der Waals surface area (Å²) in [5.41, 5.74) is 5.79. The van der Waals surface area contributed by atoms with E-state index in [0.29, 0.717) is 12.0 Å². The van der Waals surface area contributed by atoms with Crippen molar-refractivity contribution in [1.29, 1.82) is 0 Å². The van der Waals surface area contributed by atoms with Crippen molar-refractivity contribution in [3.05, 3.63) is 59.7 Å². The van der Waals surface area contributed by atoms with E-state index in [1.54, 1.807) is 36.4 Å². The van der Waals surface area contributed by atoms with Crippen molar-refractivity contribution in [3.8, 4) is 5.75 Å². The third kappa shape index (κ3) is 4.32. The Bertz CT molecular complexity index is 689. The van der Waals surface area contributed by atoms with Crippen LogP contribution in [0.5, 0.6) is 5.75 Å². The molecule has 2 aromatic carbocycles. The summed E-state index contributed by atoms with van der Waals surface area (Å²) in [7, 11) is 3.90. The minimum Gasteiger partial charge on any atom is -0.508 e. The first-order chi connectivity index (χ1) is 11.0. The average molecular weight is 311 g/mol. The number of rotatable bonds is 5. The Kier molecular flexibility index (Phi) is 5.36. The second-order valence-corrected chi connectivity index (χ2v) is 5.34. The van der Waals surface area contributed by atoms with E-state index < -0.39 is 0 Å². The minimum atomic E-state index is -0.250. The van der Waals surface area contributed by atoms with Gasteiger partial charge in [-0.1, -0.05) is 6.92 Å². The van der Waals surface area contributed by atoms with Crippen LogP contribution < -0.4 is 10.3 Å². The lowest BCUT2D eigenvalue weighted by molar-refractivity contribution is 0.0955. The number of nitrogens with one attached hydrogen (secondary N) is 1. The fourth-order valence-corrected chi connectivity index (χ4v) is 2.10. The summed E-state index contributed by atoms with van der Waals surface area (Å²) in [6, 6.07) is 14.1. The highest BCUT2D eigenvalue weighted by atomic mass is 16.3. The van der Waals surface area contributed by atoms with Crippen molar-refractivity contribution in [2.24, 2.45) is 5.10 Å². The van der Waals surface area contributed by atoms with Crippen molar-refractivity contribution in [3.63, 3.8) is 0 Å². The topological polar surface area (TPSA) is 64.9 Å². The summed E-state index contributed by atoms with van der Waals surface area (Å²) in [4.78, 5) is 14.1. The van der Waals surface area contributed by atoms with E-state index in [-0.39, 0.29) is 11.7 Å². The van der Waals surface area contributed by atoms with Crippen LogP contribution in [0.3, 0.4) is 0 Å². The fourth-order valence-electron chi connectivity index (χ4n) is 2.10. The number of aromatic hydroxyl groups is 1. The summed E-state index contributed by atoms with van der Waals surface area (Å²) in [5.74, 6) is -0.0470. The van der Waals surface area contributed by atoms with Crippen LogP contribution in [0.4, 0.5) is 5.69 Å². The molecule has 0 spiro atoms. The monoisotopic (exact) mass is 311 g/mol. The zero-order valence-electron chi connectivity index (χ0n) is 13.6. The van der Waals surface area contributed by atoms with Crippen molar-refractivity contribution in [2.75, 3.05) is 19.0 Å².